The Morgan fingerprint density at radius 3 is 2.50 bits per heavy atom. The highest BCUT2D eigenvalue weighted by atomic mass is 19.1. The fourth-order valence-corrected chi connectivity index (χ4v) is 2.40. The summed E-state index contributed by atoms with van der Waals surface area (Å²) in [6, 6.07) is 12.4. The number of hydrogen-bond donors (Lipinski definition) is 0. The van der Waals surface area contributed by atoms with E-state index in [-0.39, 0.29) is 11.6 Å². The molecule has 24 heavy (non-hydrogen) atoms. The van der Waals surface area contributed by atoms with Crippen molar-refractivity contribution in [1.29, 1.82) is 0 Å². The van der Waals surface area contributed by atoms with E-state index in [0.29, 0.717) is 30.4 Å². The summed E-state index contributed by atoms with van der Waals surface area (Å²) in [5.74, 6) is 0.328. The van der Waals surface area contributed by atoms with Crippen molar-refractivity contribution in [3.05, 3.63) is 71.6 Å². The Bertz CT molecular complexity index is 802. The molecule has 0 saturated carbocycles. The van der Waals surface area contributed by atoms with E-state index in [0.717, 1.165) is 12.1 Å². The number of benzene rings is 2. The summed E-state index contributed by atoms with van der Waals surface area (Å²) in [6.07, 6.45) is 0. The van der Waals surface area contributed by atoms with E-state index in [4.69, 9.17) is 4.52 Å². The Hall–Kier alpha value is -2.60. The molecule has 0 unspecified atom stereocenters. The Morgan fingerprint density at radius 2 is 1.79 bits per heavy atom. The lowest BCUT2D eigenvalue weighted by atomic mass is 10.2. The van der Waals surface area contributed by atoms with Crippen LogP contribution in [0.25, 0.3) is 11.4 Å². The minimum absolute atomic E-state index is 0.250. The van der Waals surface area contributed by atoms with Crippen molar-refractivity contribution in [2.75, 3.05) is 6.54 Å². The lowest BCUT2D eigenvalue weighted by molar-refractivity contribution is 0.229. The molecular formula is C18H17F2N3O. The van der Waals surface area contributed by atoms with Gasteiger partial charge in [0, 0.05) is 12.1 Å². The maximum Gasteiger partial charge on any atom is 0.241 e. The molecule has 3 aromatic rings. The quantitative estimate of drug-likeness (QED) is 0.684. The minimum Gasteiger partial charge on any atom is -0.338 e. The van der Waals surface area contributed by atoms with Crippen molar-refractivity contribution in [2.24, 2.45) is 0 Å². The SMILES string of the molecule is CCN(Cc1cccc(F)c1)Cc1nc(-c2ccc(F)cc2)no1. The summed E-state index contributed by atoms with van der Waals surface area (Å²) in [7, 11) is 0. The van der Waals surface area contributed by atoms with Gasteiger partial charge in [0.05, 0.1) is 6.54 Å². The van der Waals surface area contributed by atoms with E-state index in [1.165, 1.54) is 24.3 Å². The van der Waals surface area contributed by atoms with Gasteiger partial charge in [0.1, 0.15) is 11.6 Å². The molecule has 124 valence electrons. The van der Waals surface area contributed by atoms with Crippen LogP contribution in [0.4, 0.5) is 8.78 Å². The maximum absolute atomic E-state index is 13.3. The van der Waals surface area contributed by atoms with Crippen LogP contribution in [0, 0.1) is 11.6 Å². The van der Waals surface area contributed by atoms with Crippen LogP contribution < -0.4 is 0 Å². The molecule has 0 amide bonds. The molecule has 0 radical (unpaired) electrons. The van der Waals surface area contributed by atoms with Crippen molar-refractivity contribution in [3.8, 4) is 11.4 Å². The summed E-state index contributed by atoms with van der Waals surface area (Å²) in [6.45, 7) is 3.81. The van der Waals surface area contributed by atoms with Crippen LogP contribution in [-0.2, 0) is 13.1 Å². The van der Waals surface area contributed by atoms with Gasteiger partial charge in [-0.2, -0.15) is 4.98 Å². The van der Waals surface area contributed by atoms with Gasteiger partial charge in [-0.25, -0.2) is 8.78 Å². The molecule has 4 nitrogen and oxygen atoms in total. The van der Waals surface area contributed by atoms with Gasteiger partial charge in [-0.1, -0.05) is 24.2 Å². The van der Waals surface area contributed by atoms with Gasteiger partial charge in [0.25, 0.3) is 0 Å². The normalized spacial score (nSPS) is 11.2. The largest absolute Gasteiger partial charge is 0.338 e. The second-order valence-electron chi connectivity index (χ2n) is 5.45. The monoisotopic (exact) mass is 329 g/mol. The zero-order chi connectivity index (χ0) is 16.9. The van der Waals surface area contributed by atoms with Crippen LogP contribution in [0.15, 0.2) is 53.1 Å². The zero-order valence-corrected chi connectivity index (χ0v) is 13.2. The second kappa shape index (κ2) is 7.31. The summed E-state index contributed by atoms with van der Waals surface area (Å²) >= 11 is 0. The number of halogens is 2. The van der Waals surface area contributed by atoms with E-state index < -0.39 is 0 Å². The standard InChI is InChI=1S/C18H17F2N3O/c1-2-23(11-13-4-3-5-16(20)10-13)12-17-21-18(22-24-17)14-6-8-15(19)9-7-14/h3-10H,2,11-12H2,1H3. The average Bonchev–Trinajstić information content (AvgIpc) is 3.03. The Labute approximate surface area is 138 Å². The molecule has 0 aliphatic carbocycles. The van der Waals surface area contributed by atoms with E-state index in [1.54, 1.807) is 18.2 Å². The van der Waals surface area contributed by atoms with Gasteiger partial charge < -0.3 is 4.52 Å². The Balaban J connectivity index is 1.69. The van der Waals surface area contributed by atoms with Gasteiger partial charge in [-0.3, -0.25) is 4.90 Å². The van der Waals surface area contributed by atoms with E-state index in [9.17, 15) is 8.78 Å². The molecule has 0 spiro atoms. The summed E-state index contributed by atoms with van der Waals surface area (Å²) in [5.41, 5.74) is 1.58. The lowest BCUT2D eigenvalue weighted by Crippen LogP contribution is -2.22. The van der Waals surface area contributed by atoms with Gasteiger partial charge in [0.15, 0.2) is 0 Å². The molecule has 0 bridgehead atoms. The van der Waals surface area contributed by atoms with Crippen molar-refractivity contribution in [3.63, 3.8) is 0 Å². The smallest absolute Gasteiger partial charge is 0.241 e. The third kappa shape index (κ3) is 4.02. The molecule has 1 aromatic heterocycles. The van der Waals surface area contributed by atoms with Crippen LogP contribution in [0.5, 0.6) is 0 Å². The molecule has 0 aliphatic rings. The predicted octanol–water partition coefficient (Wildman–Crippen LogP) is 4.04. The molecular weight excluding hydrogens is 312 g/mol. The molecule has 0 aliphatic heterocycles. The van der Waals surface area contributed by atoms with Crippen molar-refractivity contribution in [2.45, 2.75) is 20.0 Å². The molecule has 2 aromatic carbocycles. The lowest BCUT2D eigenvalue weighted by Gasteiger charge is -2.18. The fourth-order valence-electron chi connectivity index (χ4n) is 2.40. The van der Waals surface area contributed by atoms with Crippen molar-refractivity contribution >= 4 is 0 Å². The highest BCUT2D eigenvalue weighted by molar-refractivity contribution is 5.53. The zero-order valence-electron chi connectivity index (χ0n) is 13.2. The number of aromatic nitrogens is 2. The third-order valence-corrected chi connectivity index (χ3v) is 3.67. The first-order valence-electron chi connectivity index (χ1n) is 7.69. The third-order valence-electron chi connectivity index (χ3n) is 3.67. The van der Waals surface area contributed by atoms with Crippen molar-refractivity contribution in [1.82, 2.24) is 15.0 Å². The Kier molecular flexibility index (Phi) is 4.96. The highest BCUT2D eigenvalue weighted by Gasteiger charge is 2.13. The first-order chi connectivity index (χ1) is 11.6. The van der Waals surface area contributed by atoms with E-state index >= 15 is 0 Å². The van der Waals surface area contributed by atoms with Crippen LogP contribution in [-0.4, -0.2) is 21.6 Å². The summed E-state index contributed by atoms with van der Waals surface area (Å²) < 4.78 is 31.5. The fraction of sp³-hybridized carbons (Fsp3) is 0.222. The van der Waals surface area contributed by atoms with Crippen molar-refractivity contribution < 1.29 is 13.3 Å². The van der Waals surface area contributed by atoms with Crippen LogP contribution in [0.2, 0.25) is 0 Å². The second-order valence-corrected chi connectivity index (χ2v) is 5.45. The van der Waals surface area contributed by atoms with Crippen LogP contribution in [0.3, 0.4) is 0 Å². The molecule has 3 rings (SSSR count). The summed E-state index contributed by atoms with van der Waals surface area (Å²) in [5, 5.41) is 3.93. The molecule has 6 heteroatoms. The predicted molar refractivity (Wildman–Crippen MR) is 85.9 cm³/mol. The van der Waals surface area contributed by atoms with E-state index in [2.05, 4.69) is 15.0 Å². The topological polar surface area (TPSA) is 42.2 Å². The first-order valence-corrected chi connectivity index (χ1v) is 7.69. The van der Waals surface area contributed by atoms with Gasteiger partial charge in [0.2, 0.25) is 11.7 Å². The molecule has 0 saturated heterocycles. The van der Waals surface area contributed by atoms with Gasteiger partial charge >= 0.3 is 0 Å². The number of nitrogens with zero attached hydrogens (tertiary/aromatic N) is 3. The molecule has 0 fully saturated rings. The molecule has 0 N–H and O–H groups in total. The molecule has 0 atom stereocenters. The van der Waals surface area contributed by atoms with E-state index in [1.807, 2.05) is 13.0 Å². The van der Waals surface area contributed by atoms with Gasteiger partial charge in [-0.05, 0) is 48.5 Å². The highest BCUT2D eigenvalue weighted by Crippen LogP contribution is 2.17. The average molecular weight is 329 g/mol. The summed E-state index contributed by atoms with van der Waals surface area (Å²) in [4.78, 5) is 6.41. The number of rotatable bonds is 6. The number of hydrogen-bond acceptors (Lipinski definition) is 4. The van der Waals surface area contributed by atoms with Crippen LogP contribution in [0.1, 0.15) is 18.4 Å². The van der Waals surface area contributed by atoms with Crippen LogP contribution >= 0.6 is 0 Å². The molecule has 1 heterocycles. The maximum atomic E-state index is 13.3. The minimum atomic E-state index is -0.310. The Morgan fingerprint density at radius 1 is 1.00 bits per heavy atom. The van der Waals surface area contributed by atoms with Gasteiger partial charge in [-0.15, -0.1) is 0 Å². The first kappa shape index (κ1) is 16.3.